The average molecular weight is 399 g/mol. The standard InChI is InChI=1S/C22H23ClN2O3/c23-18-7-5-16(6-8-18)19(25-9-11-27-12-10-25)14-24-15-20(26)22-13-17-3-1-2-4-21(17)28-22/h1-8,13,19,24H,9-12,14-15H2. The van der Waals surface area contributed by atoms with Crippen LogP contribution in [0, 0.1) is 0 Å². The van der Waals surface area contributed by atoms with Gasteiger partial charge in [0.15, 0.2) is 5.76 Å². The molecule has 0 amide bonds. The van der Waals surface area contributed by atoms with Crippen molar-refractivity contribution >= 4 is 28.4 Å². The zero-order valence-electron chi connectivity index (χ0n) is 15.6. The number of nitrogens with zero attached hydrogens (tertiary/aromatic N) is 1. The van der Waals surface area contributed by atoms with Crippen molar-refractivity contribution in [3.63, 3.8) is 0 Å². The van der Waals surface area contributed by atoms with E-state index in [0.29, 0.717) is 12.3 Å². The van der Waals surface area contributed by atoms with Crippen molar-refractivity contribution in [3.8, 4) is 0 Å². The number of hydrogen-bond donors (Lipinski definition) is 1. The average Bonchev–Trinajstić information content (AvgIpc) is 3.17. The van der Waals surface area contributed by atoms with E-state index in [0.717, 1.165) is 42.3 Å². The lowest BCUT2D eigenvalue weighted by Gasteiger charge is -2.35. The van der Waals surface area contributed by atoms with Crippen LogP contribution in [0.4, 0.5) is 0 Å². The number of para-hydroxylation sites is 1. The van der Waals surface area contributed by atoms with Gasteiger partial charge in [0.25, 0.3) is 0 Å². The lowest BCUT2D eigenvalue weighted by Crippen LogP contribution is -2.43. The number of rotatable bonds is 7. The summed E-state index contributed by atoms with van der Waals surface area (Å²) in [5.41, 5.74) is 1.91. The highest BCUT2D eigenvalue weighted by Gasteiger charge is 2.23. The monoisotopic (exact) mass is 398 g/mol. The normalized spacial score (nSPS) is 16.3. The van der Waals surface area contributed by atoms with E-state index in [9.17, 15) is 4.79 Å². The van der Waals surface area contributed by atoms with Gasteiger partial charge in [0.2, 0.25) is 5.78 Å². The van der Waals surface area contributed by atoms with Crippen LogP contribution >= 0.6 is 11.6 Å². The van der Waals surface area contributed by atoms with Gasteiger partial charge in [0.1, 0.15) is 5.58 Å². The molecule has 1 atom stereocenters. The molecule has 28 heavy (non-hydrogen) atoms. The van der Waals surface area contributed by atoms with E-state index in [4.69, 9.17) is 20.8 Å². The summed E-state index contributed by atoms with van der Waals surface area (Å²) in [5.74, 6) is 0.344. The molecule has 1 N–H and O–H groups in total. The minimum Gasteiger partial charge on any atom is -0.453 e. The molecule has 146 valence electrons. The smallest absolute Gasteiger partial charge is 0.211 e. The van der Waals surface area contributed by atoms with Crippen LogP contribution in [0.15, 0.2) is 59.0 Å². The van der Waals surface area contributed by atoms with Crippen LogP contribution in [0.3, 0.4) is 0 Å². The Kier molecular flexibility index (Phi) is 6.07. The quantitative estimate of drug-likeness (QED) is 0.611. The molecule has 1 saturated heterocycles. The molecule has 4 rings (SSSR count). The fourth-order valence-corrected chi connectivity index (χ4v) is 3.69. The Balaban J connectivity index is 1.41. The summed E-state index contributed by atoms with van der Waals surface area (Å²) >= 11 is 6.05. The number of hydrogen-bond acceptors (Lipinski definition) is 5. The topological polar surface area (TPSA) is 54.7 Å². The van der Waals surface area contributed by atoms with Crippen molar-refractivity contribution in [2.24, 2.45) is 0 Å². The van der Waals surface area contributed by atoms with Gasteiger partial charge in [0, 0.05) is 36.1 Å². The molecule has 0 aliphatic carbocycles. The molecule has 0 bridgehead atoms. The van der Waals surface area contributed by atoms with Crippen molar-refractivity contribution in [1.29, 1.82) is 0 Å². The van der Waals surface area contributed by atoms with Crippen molar-refractivity contribution in [2.75, 3.05) is 39.4 Å². The van der Waals surface area contributed by atoms with Gasteiger partial charge in [-0.1, -0.05) is 41.9 Å². The predicted molar refractivity (Wildman–Crippen MR) is 110 cm³/mol. The van der Waals surface area contributed by atoms with Gasteiger partial charge in [-0.15, -0.1) is 0 Å². The van der Waals surface area contributed by atoms with Gasteiger partial charge >= 0.3 is 0 Å². The van der Waals surface area contributed by atoms with Crippen molar-refractivity contribution in [1.82, 2.24) is 10.2 Å². The Morgan fingerprint density at radius 3 is 2.61 bits per heavy atom. The number of carbonyl (C=O) groups excluding carboxylic acids is 1. The van der Waals surface area contributed by atoms with Crippen molar-refractivity contribution in [3.05, 3.63) is 70.9 Å². The number of carbonyl (C=O) groups is 1. The van der Waals surface area contributed by atoms with Gasteiger partial charge in [-0.05, 0) is 29.8 Å². The van der Waals surface area contributed by atoms with E-state index >= 15 is 0 Å². The molecule has 1 fully saturated rings. The van der Waals surface area contributed by atoms with Gasteiger partial charge in [0.05, 0.1) is 19.8 Å². The fourth-order valence-electron chi connectivity index (χ4n) is 3.56. The lowest BCUT2D eigenvalue weighted by atomic mass is 10.0. The van der Waals surface area contributed by atoms with Crippen LogP contribution in [0.1, 0.15) is 22.2 Å². The van der Waals surface area contributed by atoms with Crippen molar-refractivity contribution < 1.29 is 13.9 Å². The zero-order chi connectivity index (χ0) is 19.3. The molecule has 1 unspecified atom stereocenters. The Labute approximate surface area is 169 Å². The summed E-state index contributed by atoms with van der Waals surface area (Å²) in [7, 11) is 0. The summed E-state index contributed by atoms with van der Waals surface area (Å²) in [6.45, 7) is 4.07. The predicted octanol–water partition coefficient (Wildman–Crippen LogP) is 3.93. The molecular weight excluding hydrogens is 376 g/mol. The second-order valence-corrected chi connectivity index (χ2v) is 7.35. The maximum Gasteiger partial charge on any atom is 0.211 e. The number of benzene rings is 2. The highest BCUT2D eigenvalue weighted by atomic mass is 35.5. The largest absolute Gasteiger partial charge is 0.453 e. The second kappa shape index (κ2) is 8.88. The van der Waals surface area contributed by atoms with Gasteiger partial charge in [-0.25, -0.2) is 0 Å². The molecule has 2 aromatic carbocycles. The fraction of sp³-hybridized carbons (Fsp3) is 0.318. The van der Waals surface area contributed by atoms with Gasteiger partial charge < -0.3 is 14.5 Å². The number of nitrogens with one attached hydrogen (secondary N) is 1. The summed E-state index contributed by atoms with van der Waals surface area (Å²) in [6.07, 6.45) is 0. The maximum atomic E-state index is 12.5. The molecule has 1 aliphatic heterocycles. The molecule has 1 aliphatic rings. The second-order valence-electron chi connectivity index (χ2n) is 6.92. The molecule has 1 aromatic heterocycles. The third-order valence-corrected chi connectivity index (χ3v) is 5.32. The first-order chi connectivity index (χ1) is 13.7. The van der Waals surface area contributed by atoms with Crippen LogP contribution in [-0.4, -0.2) is 50.1 Å². The molecule has 2 heterocycles. The Bertz CT molecular complexity index is 899. The van der Waals surface area contributed by atoms with Crippen molar-refractivity contribution in [2.45, 2.75) is 6.04 Å². The number of ether oxygens (including phenoxy) is 1. The minimum absolute atomic E-state index is 0.0481. The number of morpholine rings is 1. The number of furan rings is 1. The van der Waals surface area contributed by atoms with Crippen LogP contribution in [0.5, 0.6) is 0 Å². The minimum atomic E-state index is -0.0481. The Morgan fingerprint density at radius 2 is 1.86 bits per heavy atom. The van der Waals surface area contributed by atoms with Crippen LogP contribution in [0.2, 0.25) is 5.02 Å². The summed E-state index contributed by atoms with van der Waals surface area (Å²) in [6, 6.07) is 17.5. The SMILES string of the molecule is O=C(CNCC(c1ccc(Cl)cc1)N1CCOCC1)c1cc2ccccc2o1. The van der Waals surface area contributed by atoms with Crippen LogP contribution in [-0.2, 0) is 4.74 Å². The van der Waals surface area contributed by atoms with Crippen LogP contribution < -0.4 is 5.32 Å². The maximum absolute atomic E-state index is 12.5. The number of Topliss-reactive ketones (excluding diaryl/α,β-unsaturated/α-hetero) is 1. The molecule has 6 heteroatoms. The van der Waals surface area contributed by atoms with E-state index in [1.807, 2.05) is 48.5 Å². The first kappa shape index (κ1) is 19.2. The number of halogens is 1. The Hall–Kier alpha value is -2.18. The summed E-state index contributed by atoms with van der Waals surface area (Å²) < 4.78 is 11.2. The first-order valence-electron chi connectivity index (χ1n) is 9.50. The molecule has 0 radical (unpaired) electrons. The van der Waals surface area contributed by atoms with Gasteiger partial charge in [-0.3, -0.25) is 9.69 Å². The molecule has 5 nitrogen and oxygen atoms in total. The lowest BCUT2D eigenvalue weighted by molar-refractivity contribution is 0.0162. The molecule has 3 aromatic rings. The van der Waals surface area contributed by atoms with E-state index < -0.39 is 0 Å². The van der Waals surface area contributed by atoms with Crippen LogP contribution in [0.25, 0.3) is 11.0 Å². The highest BCUT2D eigenvalue weighted by Crippen LogP contribution is 2.23. The highest BCUT2D eigenvalue weighted by molar-refractivity contribution is 6.30. The van der Waals surface area contributed by atoms with E-state index in [1.54, 1.807) is 6.07 Å². The first-order valence-corrected chi connectivity index (χ1v) is 9.88. The van der Waals surface area contributed by atoms with E-state index in [-0.39, 0.29) is 18.4 Å². The van der Waals surface area contributed by atoms with Gasteiger partial charge in [-0.2, -0.15) is 0 Å². The molecule has 0 saturated carbocycles. The zero-order valence-corrected chi connectivity index (χ0v) is 16.3. The number of ketones is 1. The molecule has 0 spiro atoms. The Morgan fingerprint density at radius 1 is 1.11 bits per heavy atom. The summed E-state index contributed by atoms with van der Waals surface area (Å²) in [5, 5.41) is 4.98. The summed E-state index contributed by atoms with van der Waals surface area (Å²) in [4.78, 5) is 14.9. The third kappa shape index (κ3) is 4.45. The third-order valence-electron chi connectivity index (χ3n) is 5.06. The molecular formula is C22H23ClN2O3. The van der Waals surface area contributed by atoms with E-state index in [1.165, 1.54) is 5.56 Å². The van der Waals surface area contributed by atoms with E-state index in [2.05, 4.69) is 10.2 Å². The number of fused-ring (bicyclic) bond motifs is 1.